The van der Waals surface area contributed by atoms with Gasteiger partial charge in [0.05, 0.1) is 21.9 Å². The molecule has 0 radical (unpaired) electrons. The van der Waals surface area contributed by atoms with Gasteiger partial charge in [0.15, 0.2) is 9.84 Å². The summed E-state index contributed by atoms with van der Waals surface area (Å²) in [4.78, 5) is 0.383. The van der Waals surface area contributed by atoms with Gasteiger partial charge in [0.2, 0.25) is 0 Å². The largest absolute Gasteiger partial charge is 0.393 e. The Morgan fingerprint density at radius 3 is 2.44 bits per heavy atom. The standard InChI is InChI=1S/C34H52O4S/c1-5-25(35)21-27(39(37,38)26-10-8-7-9-11-26)20-23(3)31-14-15-32-30-13-12-24-22-34(36,6-2)19-17-28(24)29(30)16-18-33(31,32)4/h7-12,23,25,27-32,35-36H,5-6,13-22H2,1-4H3/t23-,25?,27?,28+,29?,30-,31-,32+,33-,34+/m1/s1. The number of hydrogen-bond donors (Lipinski definition) is 2. The van der Waals surface area contributed by atoms with E-state index in [2.05, 4.69) is 26.8 Å². The molecule has 0 aromatic heterocycles. The molecule has 4 aliphatic carbocycles. The summed E-state index contributed by atoms with van der Waals surface area (Å²) in [6, 6.07) is 8.86. The number of allylic oxidation sites excluding steroid dienone is 1. The van der Waals surface area contributed by atoms with Crippen LogP contribution in [0.25, 0.3) is 0 Å². The minimum absolute atomic E-state index is 0.259. The van der Waals surface area contributed by atoms with E-state index in [4.69, 9.17) is 0 Å². The molecule has 218 valence electrons. The van der Waals surface area contributed by atoms with Crippen LogP contribution in [0.3, 0.4) is 0 Å². The Morgan fingerprint density at radius 1 is 1.00 bits per heavy atom. The highest BCUT2D eigenvalue weighted by molar-refractivity contribution is 7.92. The molecule has 5 rings (SSSR count). The smallest absolute Gasteiger partial charge is 0.181 e. The van der Waals surface area contributed by atoms with Gasteiger partial charge < -0.3 is 10.2 Å². The Morgan fingerprint density at radius 2 is 1.74 bits per heavy atom. The van der Waals surface area contributed by atoms with Gasteiger partial charge in [0.1, 0.15) is 0 Å². The topological polar surface area (TPSA) is 74.6 Å². The molecule has 0 heterocycles. The summed E-state index contributed by atoms with van der Waals surface area (Å²) < 4.78 is 27.5. The number of aliphatic hydroxyl groups excluding tert-OH is 1. The van der Waals surface area contributed by atoms with E-state index >= 15 is 0 Å². The predicted octanol–water partition coefficient (Wildman–Crippen LogP) is 7.35. The van der Waals surface area contributed by atoms with Crippen LogP contribution in [0, 0.1) is 40.9 Å². The maximum Gasteiger partial charge on any atom is 0.181 e. The zero-order valence-electron chi connectivity index (χ0n) is 24.7. The molecular formula is C34H52O4S. The summed E-state index contributed by atoms with van der Waals surface area (Å²) in [5.41, 5.74) is 1.31. The Bertz CT molecular complexity index is 1130. The molecular weight excluding hydrogens is 504 g/mol. The lowest BCUT2D eigenvalue weighted by molar-refractivity contribution is -0.0460. The second-order valence-corrected chi connectivity index (χ2v) is 16.3. The number of fused-ring (bicyclic) bond motifs is 5. The van der Waals surface area contributed by atoms with E-state index in [1.807, 2.05) is 13.0 Å². The van der Waals surface area contributed by atoms with Crippen molar-refractivity contribution in [3.8, 4) is 0 Å². The Labute approximate surface area is 237 Å². The summed E-state index contributed by atoms with van der Waals surface area (Å²) in [7, 11) is -3.51. The van der Waals surface area contributed by atoms with E-state index in [9.17, 15) is 18.6 Å². The van der Waals surface area contributed by atoms with Crippen molar-refractivity contribution in [1.29, 1.82) is 0 Å². The lowest BCUT2D eigenvalue weighted by Crippen LogP contribution is -2.48. The van der Waals surface area contributed by atoms with Crippen LogP contribution in [0.4, 0.5) is 0 Å². The van der Waals surface area contributed by atoms with E-state index in [1.165, 1.54) is 25.7 Å². The molecule has 1 aromatic carbocycles. The van der Waals surface area contributed by atoms with Crippen LogP contribution in [0.1, 0.15) is 105 Å². The Hall–Kier alpha value is -1.17. The average molecular weight is 557 g/mol. The molecule has 4 nitrogen and oxygen atoms in total. The Balaban J connectivity index is 1.33. The molecule has 0 spiro atoms. The van der Waals surface area contributed by atoms with Crippen molar-refractivity contribution in [3.63, 3.8) is 0 Å². The molecule has 0 amide bonds. The van der Waals surface area contributed by atoms with Gasteiger partial charge in [-0.15, -0.1) is 0 Å². The number of aliphatic hydroxyl groups is 2. The van der Waals surface area contributed by atoms with Crippen LogP contribution < -0.4 is 0 Å². The summed E-state index contributed by atoms with van der Waals surface area (Å²) in [6.07, 6.45) is 13.4. The molecule has 3 saturated carbocycles. The highest BCUT2D eigenvalue weighted by Crippen LogP contribution is 2.65. The highest BCUT2D eigenvalue weighted by Gasteiger charge is 2.57. The first-order chi connectivity index (χ1) is 18.5. The second-order valence-electron chi connectivity index (χ2n) is 14.1. The zero-order chi connectivity index (χ0) is 28.0. The van der Waals surface area contributed by atoms with Crippen molar-refractivity contribution in [1.82, 2.24) is 0 Å². The fraction of sp³-hybridized carbons (Fsp3) is 0.765. The minimum Gasteiger partial charge on any atom is -0.393 e. The molecule has 1 aromatic rings. The molecule has 10 atom stereocenters. The first kappa shape index (κ1) is 29.3. The van der Waals surface area contributed by atoms with Crippen molar-refractivity contribution < 1.29 is 18.6 Å². The molecule has 3 fully saturated rings. The van der Waals surface area contributed by atoms with Crippen molar-refractivity contribution in [2.75, 3.05) is 0 Å². The van der Waals surface area contributed by atoms with Gasteiger partial charge >= 0.3 is 0 Å². The summed E-state index contributed by atoms with van der Waals surface area (Å²) in [5.74, 6) is 3.68. The van der Waals surface area contributed by atoms with Crippen molar-refractivity contribution in [3.05, 3.63) is 42.0 Å². The quantitative estimate of drug-likeness (QED) is 0.312. The SMILES string of the molecule is CCC(O)CC(C[C@@H](C)[C@H]1CC[C@H]2[C@@H]3CC=C4C[C@](O)(CC)CC[C@@H]4C3CC[C@]12C)S(=O)(=O)c1ccccc1. The van der Waals surface area contributed by atoms with Gasteiger partial charge in [0, 0.05) is 0 Å². The number of hydrogen-bond acceptors (Lipinski definition) is 4. The van der Waals surface area contributed by atoms with Crippen LogP contribution in [-0.4, -0.2) is 35.6 Å². The maximum absolute atomic E-state index is 13.8. The summed E-state index contributed by atoms with van der Waals surface area (Å²) in [5, 5.41) is 21.0. The van der Waals surface area contributed by atoms with Crippen LogP contribution in [0.15, 0.2) is 46.9 Å². The van der Waals surface area contributed by atoms with E-state index < -0.39 is 26.8 Å². The number of sulfone groups is 1. The van der Waals surface area contributed by atoms with Gasteiger partial charge in [0.25, 0.3) is 0 Å². The van der Waals surface area contributed by atoms with Gasteiger partial charge in [-0.1, -0.05) is 57.5 Å². The lowest BCUT2D eigenvalue weighted by Gasteiger charge is -2.55. The average Bonchev–Trinajstić information content (AvgIpc) is 3.30. The van der Waals surface area contributed by atoms with Gasteiger partial charge in [-0.05, 0) is 130 Å². The normalized spacial score (nSPS) is 38.6. The molecule has 0 saturated heterocycles. The van der Waals surface area contributed by atoms with E-state index in [0.717, 1.165) is 43.9 Å². The van der Waals surface area contributed by atoms with Gasteiger partial charge in [-0.3, -0.25) is 0 Å². The third-order valence-corrected chi connectivity index (χ3v) is 14.4. The molecule has 4 aliphatic rings. The van der Waals surface area contributed by atoms with E-state index in [1.54, 1.807) is 29.8 Å². The summed E-state index contributed by atoms with van der Waals surface area (Å²) in [6.45, 7) is 8.87. The zero-order valence-corrected chi connectivity index (χ0v) is 25.5. The van der Waals surface area contributed by atoms with Crippen LogP contribution in [-0.2, 0) is 9.84 Å². The van der Waals surface area contributed by atoms with Gasteiger partial charge in [-0.25, -0.2) is 8.42 Å². The first-order valence-electron chi connectivity index (χ1n) is 15.9. The van der Waals surface area contributed by atoms with Gasteiger partial charge in [-0.2, -0.15) is 0 Å². The third-order valence-electron chi connectivity index (χ3n) is 12.2. The molecule has 39 heavy (non-hydrogen) atoms. The molecule has 0 aliphatic heterocycles. The molecule has 0 bridgehead atoms. The second kappa shape index (κ2) is 11.2. The fourth-order valence-electron chi connectivity index (χ4n) is 9.84. The first-order valence-corrected chi connectivity index (χ1v) is 17.5. The van der Waals surface area contributed by atoms with Crippen LogP contribution in [0.2, 0.25) is 0 Å². The van der Waals surface area contributed by atoms with E-state index in [0.29, 0.717) is 47.8 Å². The van der Waals surface area contributed by atoms with Crippen molar-refractivity contribution in [2.45, 2.75) is 127 Å². The fourth-order valence-corrected chi connectivity index (χ4v) is 11.8. The lowest BCUT2D eigenvalue weighted by atomic mass is 9.50. The minimum atomic E-state index is -3.51. The summed E-state index contributed by atoms with van der Waals surface area (Å²) >= 11 is 0. The number of rotatable bonds is 9. The van der Waals surface area contributed by atoms with Crippen molar-refractivity contribution >= 4 is 9.84 Å². The highest BCUT2D eigenvalue weighted by atomic mass is 32.2. The van der Waals surface area contributed by atoms with Crippen LogP contribution >= 0.6 is 0 Å². The maximum atomic E-state index is 13.8. The van der Waals surface area contributed by atoms with Crippen molar-refractivity contribution in [2.24, 2.45) is 40.9 Å². The van der Waals surface area contributed by atoms with Crippen LogP contribution in [0.5, 0.6) is 0 Å². The monoisotopic (exact) mass is 556 g/mol. The van der Waals surface area contributed by atoms with E-state index in [-0.39, 0.29) is 5.41 Å². The third kappa shape index (κ3) is 5.42. The molecule has 3 unspecified atom stereocenters. The number of benzene rings is 1. The predicted molar refractivity (Wildman–Crippen MR) is 158 cm³/mol. The Kier molecular flexibility index (Phi) is 8.46. The molecule has 2 N–H and O–H groups in total. The molecule has 5 heteroatoms.